The van der Waals surface area contributed by atoms with Crippen LogP contribution in [-0.4, -0.2) is 63.1 Å². The van der Waals surface area contributed by atoms with E-state index < -0.39 is 0 Å². The molecule has 0 spiro atoms. The average molecular weight is 524 g/mol. The first kappa shape index (κ1) is 25.5. The second-order valence-electron chi connectivity index (χ2n) is 6.75. The number of hydrogen-bond donors (Lipinski definition) is 2. The van der Waals surface area contributed by atoms with Crippen LogP contribution in [0, 0.1) is 5.82 Å². The molecule has 1 saturated heterocycles. The van der Waals surface area contributed by atoms with Crippen LogP contribution in [-0.2, 0) is 17.0 Å². The molecule has 0 aromatic heterocycles. The van der Waals surface area contributed by atoms with Gasteiger partial charge in [0.25, 0.3) is 0 Å². The Hall–Kier alpha value is -0.580. The summed E-state index contributed by atoms with van der Waals surface area (Å²) < 4.78 is 18.7. The first-order chi connectivity index (χ1) is 13.2. The lowest BCUT2D eigenvalue weighted by molar-refractivity contribution is 0.141. The molecule has 160 valence electrons. The second kappa shape index (κ2) is 14.4. The molecule has 0 radical (unpaired) electrons. The van der Waals surface area contributed by atoms with E-state index in [0.717, 1.165) is 55.6 Å². The van der Waals surface area contributed by atoms with Gasteiger partial charge in [0.05, 0.1) is 13.2 Å². The zero-order valence-electron chi connectivity index (χ0n) is 17.2. The molecule has 1 aromatic carbocycles. The highest BCUT2D eigenvalue weighted by atomic mass is 127. The van der Waals surface area contributed by atoms with E-state index >= 15 is 0 Å². The van der Waals surface area contributed by atoms with Gasteiger partial charge in [0.1, 0.15) is 5.82 Å². The maximum Gasteiger partial charge on any atom is 0.191 e. The van der Waals surface area contributed by atoms with Crippen molar-refractivity contribution in [3.63, 3.8) is 0 Å². The topological polar surface area (TPSA) is 48.9 Å². The molecule has 8 heteroatoms. The molecule has 28 heavy (non-hydrogen) atoms. The van der Waals surface area contributed by atoms with Gasteiger partial charge in [-0.25, -0.2) is 9.38 Å². The van der Waals surface area contributed by atoms with Gasteiger partial charge in [-0.1, -0.05) is 6.07 Å². The van der Waals surface area contributed by atoms with Crippen molar-refractivity contribution in [3.05, 3.63) is 35.1 Å². The summed E-state index contributed by atoms with van der Waals surface area (Å²) in [5.74, 6) is 1.42. The molecule has 1 aliphatic heterocycles. The number of guanidine groups is 1. The van der Waals surface area contributed by atoms with Crippen molar-refractivity contribution in [3.8, 4) is 0 Å². The predicted octanol–water partition coefficient (Wildman–Crippen LogP) is 3.47. The fraction of sp³-hybridized carbons (Fsp3) is 0.650. The van der Waals surface area contributed by atoms with E-state index in [-0.39, 0.29) is 29.8 Å². The molecular formula is C20H34FIN4OS. The molecule has 0 saturated carbocycles. The van der Waals surface area contributed by atoms with E-state index in [9.17, 15) is 4.39 Å². The van der Waals surface area contributed by atoms with Crippen LogP contribution in [0.4, 0.5) is 4.39 Å². The molecule has 1 heterocycles. The zero-order chi connectivity index (χ0) is 19.5. The highest BCUT2D eigenvalue weighted by Crippen LogP contribution is 2.18. The number of methoxy groups -OCH3 is 1. The third-order valence-corrected chi connectivity index (χ3v) is 5.41. The van der Waals surface area contributed by atoms with Gasteiger partial charge >= 0.3 is 0 Å². The predicted molar refractivity (Wildman–Crippen MR) is 128 cm³/mol. The van der Waals surface area contributed by atoms with Gasteiger partial charge < -0.3 is 15.4 Å². The van der Waals surface area contributed by atoms with E-state index in [4.69, 9.17) is 9.73 Å². The molecule has 0 aliphatic carbocycles. The van der Waals surface area contributed by atoms with E-state index in [2.05, 4.69) is 22.5 Å². The first-order valence-corrected chi connectivity index (χ1v) is 11.1. The number of aliphatic imine (C=N–C) groups is 1. The lowest BCUT2D eigenvalue weighted by Gasteiger charge is -2.25. The molecule has 0 amide bonds. The Labute approximate surface area is 190 Å². The standard InChI is InChI=1S/C20H33FN4OS.HI/c1-4-22-20(24-14-19-6-5-9-25(19)10-11-26-2)23-13-16-7-8-18(21)12-17(16)15-27-3;/h7-8,12,19H,4-6,9-11,13-15H2,1-3H3,(H2,22,23,24);1H. The van der Waals surface area contributed by atoms with Crippen molar-refractivity contribution in [2.45, 2.75) is 38.1 Å². The molecule has 1 fully saturated rings. The lowest BCUT2D eigenvalue weighted by atomic mass is 10.1. The third kappa shape index (κ3) is 8.42. The van der Waals surface area contributed by atoms with E-state index in [1.165, 1.54) is 18.9 Å². The normalized spacial score (nSPS) is 17.4. The Morgan fingerprint density at radius 3 is 2.89 bits per heavy atom. The number of benzene rings is 1. The van der Waals surface area contributed by atoms with Crippen LogP contribution in [0.15, 0.2) is 23.2 Å². The number of nitrogens with zero attached hydrogens (tertiary/aromatic N) is 2. The largest absolute Gasteiger partial charge is 0.383 e. The Morgan fingerprint density at radius 1 is 1.36 bits per heavy atom. The van der Waals surface area contributed by atoms with Crippen molar-refractivity contribution in [1.29, 1.82) is 0 Å². The highest BCUT2D eigenvalue weighted by Gasteiger charge is 2.23. The molecule has 1 atom stereocenters. The van der Waals surface area contributed by atoms with Crippen molar-refractivity contribution in [1.82, 2.24) is 15.5 Å². The summed E-state index contributed by atoms with van der Waals surface area (Å²) in [6.45, 7) is 7.18. The minimum atomic E-state index is -0.186. The molecule has 5 nitrogen and oxygen atoms in total. The maximum absolute atomic E-state index is 13.5. The maximum atomic E-state index is 13.5. The molecule has 1 aliphatic rings. The summed E-state index contributed by atoms with van der Waals surface area (Å²) in [6, 6.07) is 5.49. The van der Waals surface area contributed by atoms with Gasteiger partial charge in [0.15, 0.2) is 5.96 Å². The number of rotatable bonds is 10. The summed E-state index contributed by atoms with van der Waals surface area (Å²) in [5.41, 5.74) is 2.09. The quantitative estimate of drug-likeness (QED) is 0.279. The van der Waals surface area contributed by atoms with E-state index in [1.807, 2.05) is 12.3 Å². The smallest absolute Gasteiger partial charge is 0.191 e. The summed E-state index contributed by atoms with van der Waals surface area (Å²) in [5, 5.41) is 6.79. The third-order valence-electron chi connectivity index (χ3n) is 4.81. The van der Waals surface area contributed by atoms with E-state index in [1.54, 1.807) is 24.9 Å². The molecule has 1 aromatic rings. The average Bonchev–Trinajstić information content (AvgIpc) is 3.11. The summed E-state index contributed by atoms with van der Waals surface area (Å²) in [6.07, 6.45) is 4.46. The minimum absolute atomic E-state index is 0. The number of halogens is 2. The van der Waals surface area contributed by atoms with Crippen molar-refractivity contribution >= 4 is 41.7 Å². The highest BCUT2D eigenvalue weighted by molar-refractivity contribution is 14.0. The van der Waals surface area contributed by atoms with Gasteiger partial charge in [-0.15, -0.1) is 24.0 Å². The van der Waals surface area contributed by atoms with Crippen molar-refractivity contribution in [2.24, 2.45) is 4.99 Å². The van der Waals surface area contributed by atoms with Crippen LogP contribution >= 0.6 is 35.7 Å². The number of nitrogens with one attached hydrogen (secondary N) is 2. The fourth-order valence-corrected chi connectivity index (χ4v) is 3.97. The Morgan fingerprint density at radius 2 is 2.18 bits per heavy atom. The van der Waals surface area contributed by atoms with Crippen LogP contribution in [0.2, 0.25) is 0 Å². The number of hydrogen-bond acceptors (Lipinski definition) is 4. The van der Waals surface area contributed by atoms with Gasteiger partial charge in [-0.3, -0.25) is 4.90 Å². The number of thioether (sulfide) groups is 1. The van der Waals surface area contributed by atoms with Crippen LogP contribution < -0.4 is 10.6 Å². The summed E-state index contributed by atoms with van der Waals surface area (Å²) in [7, 11) is 1.75. The van der Waals surface area contributed by atoms with Crippen LogP contribution in [0.3, 0.4) is 0 Å². The Bertz CT molecular complexity index is 606. The van der Waals surface area contributed by atoms with Gasteiger partial charge in [0.2, 0.25) is 0 Å². The molecular weight excluding hydrogens is 490 g/mol. The van der Waals surface area contributed by atoms with Crippen molar-refractivity contribution < 1.29 is 9.13 Å². The fourth-order valence-electron chi connectivity index (χ4n) is 3.39. The van der Waals surface area contributed by atoms with Crippen LogP contribution in [0.5, 0.6) is 0 Å². The van der Waals surface area contributed by atoms with E-state index in [0.29, 0.717) is 12.6 Å². The van der Waals surface area contributed by atoms with Gasteiger partial charge in [-0.2, -0.15) is 11.8 Å². The van der Waals surface area contributed by atoms with Crippen LogP contribution in [0.1, 0.15) is 30.9 Å². The van der Waals surface area contributed by atoms with Crippen molar-refractivity contribution in [2.75, 3.05) is 46.2 Å². The minimum Gasteiger partial charge on any atom is -0.383 e. The second-order valence-corrected chi connectivity index (χ2v) is 7.61. The molecule has 2 N–H and O–H groups in total. The lowest BCUT2D eigenvalue weighted by Crippen LogP contribution is -2.45. The molecule has 1 unspecified atom stereocenters. The van der Waals surface area contributed by atoms with Gasteiger partial charge in [-0.05, 0) is 55.8 Å². The summed E-state index contributed by atoms with van der Waals surface area (Å²) >= 11 is 1.69. The zero-order valence-corrected chi connectivity index (χ0v) is 20.3. The molecule has 0 bridgehead atoms. The SMILES string of the molecule is CCNC(=NCc1ccc(F)cc1CSC)NCC1CCCN1CCOC.I. The Balaban J connectivity index is 0.00000392. The number of likely N-dealkylation sites (tertiary alicyclic amines) is 1. The van der Waals surface area contributed by atoms with Gasteiger partial charge in [0, 0.05) is 38.5 Å². The molecule has 2 rings (SSSR count). The summed E-state index contributed by atoms with van der Waals surface area (Å²) in [4.78, 5) is 7.21. The number of ether oxygens (including phenoxy) is 1. The monoisotopic (exact) mass is 524 g/mol. The first-order valence-electron chi connectivity index (χ1n) is 9.69. The van der Waals surface area contributed by atoms with Crippen LogP contribution in [0.25, 0.3) is 0 Å². The Kier molecular flexibility index (Phi) is 13.1.